The van der Waals surface area contributed by atoms with E-state index >= 15 is 0 Å². The van der Waals surface area contributed by atoms with Gasteiger partial charge in [-0.2, -0.15) is 13.2 Å². The van der Waals surface area contributed by atoms with Crippen LogP contribution in [-0.4, -0.2) is 65.6 Å². The van der Waals surface area contributed by atoms with E-state index in [1.165, 1.54) is 42.3 Å². The molecule has 0 aromatic heterocycles. The van der Waals surface area contributed by atoms with E-state index < -0.39 is 11.7 Å². The van der Waals surface area contributed by atoms with E-state index in [9.17, 15) is 22.8 Å². The second kappa shape index (κ2) is 14.1. The molecule has 9 heteroatoms. The van der Waals surface area contributed by atoms with Crippen LogP contribution in [0.25, 0.3) is 6.08 Å². The van der Waals surface area contributed by atoms with Crippen LogP contribution in [0.1, 0.15) is 61.6 Å². The Kier molecular flexibility index (Phi) is 10.3. The monoisotopic (exact) mass is 599 g/mol. The standard InChI is InChI=1S/C33H40F3N3O2S/c34-33(35,36)27-13-11-25(12-14-27)22-30-32(41)39(28-9-4-5-10-29(28)42-30)23-31(40)37-17-6-18-38-19-15-26(16-20-38)21-24-7-2-1-3-8-24/h1-3,7-8,11-14,22,26,28-29H,4-6,9-10,15-21,23H2,(H,37,40)/b30-22-. The van der Waals surface area contributed by atoms with Gasteiger partial charge in [-0.25, -0.2) is 0 Å². The van der Waals surface area contributed by atoms with Gasteiger partial charge < -0.3 is 15.1 Å². The molecule has 226 valence electrons. The first-order chi connectivity index (χ1) is 20.3. The average molecular weight is 600 g/mol. The summed E-state index contributed by atoms with van der Waals surface area (Å²) in [6, 6.07) is 15.5. The summed E-state index contributed by atoms with van der Waals surface area (Å²) in [5.41, 5.74) is 1.23. The zero-order valence-electron chi connectivity index (χ0n) is 24.0. The van der Waals surface area contributed by atoms with E-state index in [0.717, 1.165) is 76.2 Å². The lowest BCUT2D eigenvalue weighted by Gasteiger charge is -2.43. The van der Waals surface area contributed by atoms with Gasteiger partial charge >= 0.3 is 6.18 Å². The Labute approximate surface area is 250 Å². The summed E-state index contributed by atoms with van der Waals surface area (Å²) in [5.74, 6) is 0.358. The van der Waals surface area contributed by atoms with Crippen LogP contribution in [0.15, 0.2) is 59.5 Å². The van der Waals surface area contributed by atoms with E-state index in [0.29, 0.717) is 17.0 Å². The van der Waals surface area contributed by atoms with Crippen molar-refractivity contribution < 1.29 is 22.8 Å². The summed E-state index contributed by atoms with van der Waals surface area (Å²) in [6.45, 7) is 3.70. The minimum absolute atomic E-state index is 0.00365. The van der Waals surface area contributed by atoms with Crippen molar-refractivity contribution in [3.05, 3.63) is 76.2 Å². The molecule has 2 atom stereocenters. The number of carbonyl (C=O) groups excluding carboxylic acids is 2. The topological polar surface area (TPSA) is 52.7 Å². The molecule has 0 bridgehead atoms. The first kappa shape index (κ1) is 30.7. The summed E-state index contributed by atoms with van der Waals surface area (Å²) in [5, 5.41) is 3.21. The van der Waals surface area contributed by atoms with Crippen molar-refractivity contribution >= 4 is 29.7 Å². The molecule has 0 spiro atoms. The zero-order chi connectivity index (χ0) is 29.5. The van der Waals surface area contributed by atoms with Gasteiger partial charge in [0, 0.05) is 17.8 Å². The molecule has 2 aliphatic heterocycles. The Morgan fingerprint density at radius 3 is 2.40 bits per heavy atom. The van der Waals surface area contributed by atoms with Gasteiger partial charge in [-0.1, -0.05) is 55.3 Å². The summed E-state index contributed by atoms with van der Waals surface area (Å²) >= 11 is 1.51. The number of amides is 2. The van der Waals surface area contributed by atoms with Crippen LogP contribution in [0.5, 0.6) is 0 Å². The molecule has 3 fully saturated rings. The van der Waals surface area contributed by atoms with E-state index in [1.807, 2.05) is 0 Å². The largest absolute Gasteiger partial charge is 0.416 e. The van der Waals surface area contributed by atoms with Gasteiger partial charge in [0.15, 0.2) is 0 Å². The van der Waals surface area contributed by atoms with Crippen LogP contribution in [0.2, 0.25) is 0 Å². The number of rotatable bonds is 9. The number of thioether (sulfide) groups is 1. The molecule has 1 aliphatic carbocycles. The third-order valence-electron chi connectivity index (χ3n) is 8.72. The maximum Gasteiger partial charge on any atom is 0.416 e. The highest BCUT2D eigenvalue weighted by molar-refractivity contribution is 8.04. The van der Waals surface area contributed by atoms with Crippen LogP contribution in [0.4, 0.5) is 13.2 Å². The third kappa shape index (κ3) is 8.19. The second-order valence-electron chi connectivity index (χ2n) is 11.7. The molecular formula is C33H40F3N3O2S. The summed E-state index contributed by atoms with van der Waals surface area (Å²) < 4.78 is 38.9. The molecule has 3 aliphatic rings. The van der Waals surface area contributed by atoms with Gasteiger partial charge in [-0.05, 0) is 93.4 Å². The number of alkyl halides is 3. The Morgan fingerprint density at radius 1 is 0.976 bits per heavy atom. The molecule has 5 nitrogen and oxygen atoms in total. The van der Waals surface area contributed by atoms with Gasteiger partial charge in [0.2, 0.25) is 5.91 Å². The fraction of sp³-hybridized carbons (Fsp3) is 0.515. The first-order valence-corrected chi connectivity index (χ1v) is 16.0. The molecule has 2 heterocycles. The smallest absolute Gasteiger partial charge is 0.355 e. The van der Waals surface area contributed by atoms with Crippen LogP contribution in [0.3, 0.4) is 0 Å². The van der Waals surface area contributed by atoms with Gasteiger partial charge in [0.25, 0.3) is 5.91 Å². The van der Waals surface area contributed by atoms with Crippen LogP contribution >= 0.6 is 11.8 Å². The van der Waals surface area contributed by atoms with Gasteiger partial charge in [-0.15, -0.1) is 11.8 Å². The van der Waals surface area contributed by atoms with Crippen molar-refractivity contribution in [2.45, 2.75) is 68.8 Å². The Bertz CT molecular complexity index is 1230. The van der Waals surface area contributed by atoms with E-state index in [-0.39, 0.29) is 29.7 Å². The summed E-state index contributed by atoms with van der Waals surface area (Å²) in [4.78, 5) is 31.1. The Hall–Kier alpha value is -2.78. The lowest BCUT2D eigenvalue weighted by atomic mass is 9.90. The lowest BCUT2D eigenvalue weighted by Crippen LogP contribution is -2.54. The number of benzene rings is 2. The minimum atomic E-state index is -4.40. The van der Waals surface area contributed by atoms with Gasteiger partial charge in [0.05, 0.1) is 10.5 Å². The Balaban J connectivity index is 1.09. The number of piperidine rings is 1. The molecule has 5 rings (SSSR count). The van der Waals surface area contributed by atoms with E-state index in [2.05, 4.69) is 40.5 Å². The average Bonchev–Trinajstić information content (AvgIpc) is 2.98. The summed E-state index contributed by atoms with van der Waals surface area (Å²) in [6.07, 6.45) is 5.56. The molecule has 2 unspecified atom stereocenters. The van der Waals surface area contributed by atoms with Crippen molar-refractivity contribution in [1.29, 1.82) is 0 Å². The normalized spacial score (nSPS) is 23.2. The number of nitrogens with one attached hydrogen (secondary N) is 1. The molecule has 0 radical (unpaired) electrons. The first-order valence-electron chi connectivity index (χ1n) is 15.2. The maximum atomic E-state index is 13.5. The van der Waals surface area contributed by atoms with Crippen molar-refractivity contribution in [3.63, 3.8) is 0 Å². The van der Waals surface area contributed by atoms with Crippen molar-refractivity contribution in [1.82, 2.24) is 15.1 Å². The number of likely N-dealkylation sites (tertiary alicyclic amines) is 1. The molecule has 1 N–H and O–H groups in total. The number of hydrogen-bond acceptors (Lipinski definition) is 4. The zero-order valence-corrected chi connectivity index (χ0v) is 24.8. The Morgan fingerprint density at radius 2 is 1.69 bits per heavy atom. The lowest BCUT2D eigenvalue weighted by molar-refractivity contribution is -0.137. The number of hydrogen-bond donors (Lipinski definition) is 1. The van der Waals surface area contributed by atoms with E-state index in [4.69, 9.17) is 0 Å². The second-order valence-corrected chi connectivity index (χ2v) is 13.0. The molecule has 2 aromatic rings. The molecule has 2 amide bonds. The third-order valence-corrected chi connectivity index (χ3v) is 10.1. The minimum Gasteiger partial charge on any atom is -0.355 e. The molecular weight excluding hydrogens is 559 g/mol. The summed E-state index contributed by atoms with van der Waals surface area (Å²) in [7, 11) is 0. The fourth-order valence-electron chi connectivity index (χ4n) is 6.38. The van der Waals surface area contributed by atoms with Crippen molar-refractivity contribution in [2.75, 3.05) is 32.7 Å². The molecule has 2 saturated heterocycles. The van der Waals surface area contributed by atoms with Crippen molar-refractivity contribution in [2.24, 2.45) is 5.92 Å². The van der Waals surface area contributed by atoms with Crippen LogP contribution in [-0.2, 0) is 22.2 Å². The predicted molar refractivity (Wildman–Crippen MR) is 162 cm³/mol. The fourth-order valence-corrected chi connectivity index (χ4v) is 7.86. The predicted octanol–water partition coefficient (Wildman–Crippen LogP) is 6.39. The number of fused-ring (bicyclic) bond motifs is 1. The molecule has 2 aromatic carbocycles. The highest BCUT2D eigenvalue weighted by Crippen LogP contribution is 2.42. The maximum absolute atomic E-state index is 13.5. The highest BCUT2D eigenvalue weighted by Gasteiger charge is 2.41. The van der Waals surface area contributed by atoms with E-state index in [1.54, 1.807) is 11.0 Å². The highest BCUT2D eigenvalue weighted by atomic mass is 32.2. The van der Waals surface area contributed by atoms with Gasteiger partial charge in [0.1, 0.15) is 6.54 Å². The molecule has 1 saturated carbocycles. The SMILES string of the molecule is O=C(CN1C(=O)/C(=C/c2ccc(C(F)(F)F)cc2)SC2CCCCC21)NCCCN1CCC(Cc2ccccc2)CC1. The van der Waals surface area contributed by atoms with Crippen LogP contribution < -0.4 is 5.32 Å². The number of nitrogens with zero attached hydrogens (tertiary/aromatic N) is 2. The van der Waals surface area contributed by atoms with Crippen molar-refractivity contribution in [3.8, 4) is 0 Å². The van der Waals surface area contributed by atoms with Crippen LogP contribution in [0, 0.1) is 5.92 Å². The quantitative estimate of drug-likeness (QED) is 0.268. The molecule has 42 heavy (non-hydrogen) atoms. The number of carbonyl (C=O) groups is 2. The van der Waals surface area contributed by atoms with Gasteiger partial charge in [-0.3, -0.25) is 9.59 Å². The number of halogens is 3.